The van der Waals surface area contributed by atoms with E-state index in [9.17, 15) is 0 Å². The molecule has 7 nitrogen and oxygen atoms in total. The van der Waals surface area contributed by atoms with E-state index in [1.165, 1.54) is 5.56 Å². The highest BCUT2D eigenvalue weighted by atomic mass is 16.7. The number of aromatic nitrogens is 3. The molecule has 7 heteroatoms. The molecule has 0 saturated carbocycles. The lowest BCUT2D eigenvalue weighted by atomic mass is 10.1. The van der Waals surface area contributed by atoms with Crippen molar-refractivity contribution in [2.24, 2.45) is 0 Å². The summed E-state index contributed by atoms with van der Waals surface area (Å²) in [6.07, 6.45) is 0. The quantitative estimate of drug-likeness (QED) is 0.837. The lowest BCUT2D eigenvalue weighted by Gasteiger charge is -2.33. The fourth-order valence-corrected chi connectivity index (χ4v) is 3.28. The molecule has 2 aliphatic heterocycles. The summed E-state index contributed by atoms with van der Waals surface area (Å²) in [7, 11) is 0. The maximum Gasteiger partial charge on any atom is 0.231 e. The van der Waals surface area contributed by atoms with Gasteiger partial charge < -0.3 is 18.8 Å². The van der Waals surface area contributed by atoms with Crippen molar-refractivity contribution in [2.75, 3.05) is 19.9 Å². The van der Waals surface area contributed by atoms with E-state index in [0.717, 1.165) is 42.8 Å². The lowest BCUT2D eigenvalue weighted by molar-refractivity contribution is 0.117. The first kappa shape index (κ1) is 15.4. The Morgan fingerprint density at radius 2 is 2.08 bits per heavy atom. The molecule has 2 aromatic rings. The molecule has 1 aromatic heterocycles. The van der Waals surface area contributed by atoms with E-state index in [4.69, 9.17) is 14.2 Å². The van der Waals surface area contributed by atoms with Gasteiger partial charge >= 0.3 is 0 Å². The highest BCUT2D eigenvalue weighted by molar-refractivity contribution is 5.44. The van der Waals surface area contributed by atoms with Gasteiger partial charge in [-0.15, -0.1) is 10.2 Å². The van der Waals surface area contributed by atoms with E-state index < -0.39 is 0 Å². The van der Waals surface area contributed by atoms with Gasteiger partial charge in [-0.25, -0.2) is 0 Å². The highest BCUT2D eigenvalue weighted by Gasteiger charge is 2.28. The maximum absolute atomic E-state index is 5.48. The molecule has 0 saturated heterocycles. The zero-order valence-corrected chi connectivity index (χ0v) is 14.1. The molecular formula is C17H22N4O3. The number of ether oxygens (including phenoxy) is 3. The Morgan fingerprint density at radius 3 is 2.96 bits per heavy atom. The van der Waals surface area contributed by atoms with Crippen LogP contribution in [0.4, 0.5) is 0 Å². The summed E-state index contributed by atoms with van der Waals surface area (Å²) in [6.45, 7) is 8.39. The van der Waals surface area contributed by atoms with Gasteiger partial charge in [0.05, 0.1) is 6.04 Å². The van der Waals surface area contributed by atoms with Gasteiger partial charge in [0.2, 0.25) is 6.79 Å². The summed E-state index contributed by atoms with van der Waals surface area (Å²) in [6, 6.07) is 6.36. The van der Waals surface area contributed by atoms with E-state index >= 15 is 0 Å². The lowest BCUT2D eigenvalue weighted by Crippen LogP contribution is -2.37. The van der Waals surface area contributed by atoms with Crippen LogP contribution in [0.5, 0.6) is 11.5 Å². The van der Waals surface area contributed by atoms with Crippen molar-refractivity contribution in [3.8, 4) is 11.5 Å². The highest BCUT2D eigenvalue weighted by Crippen LogP contribution is 2.34. The SMILES string of the molecule is CCOCc1nnc2n1CCN(Cc1ccc3c(c1)OCO3)C2C. The molecule has 2 aliphatic rings. The molecule has 0 radical (unpaired) electrons. The van der Waals surface area contributed by atoms with Gasteiger partial charge in [-0.1, -0.05) is 6.07 Å². The minimum absolute atomic E-state index is 0.215. The molecule has 1 aromatic carbocycles. The van der Waals surface area contributed by atoms with Crippen molar-refractivity contribution in [3.63, 3.8) is 0 Å². The van der Waals surface area contributed by atoms with Gasteiger partial charge in [-0.05, 0) is 31.5 Å². The Hall–Kier alpha value is -2.12. The molecule has 0 fully saturated rings. The second-order valence-electron chi connectivity index (χ2n) is 6.10. The van der Waals surface area contributed by atoms with Gasteiger partial charge in [-0.2, -0.15) is 0 Å². The largest absolute Gasteiger partial charge is 0.454 e. The molecule has 3 heterocycles. The summed E-state index contributed by atoms with van der Waals surface area (Å²) in [5.74, 6) is 3.59. The third-order valence-corrected chi connectivity index (χ3v) is 4.65. The van der Waals surface area contributed by atoms with Crippen LogP contribution >= 0.6 is 0 Å². The van der Waals surface area contributed by atoms with Crippen LogP contribution in [0.2, 0.25) is 0 Å². The Balaban J connectivity index is 1.49. The number of rotatable bonds is 5. The van der Waals surface area contributed by atoms with Crippen molar-refractivity contribution < 1.29 is 14.2 Å². The van der Waals surface area contributed by atoms with E-state index in [2.05, 4.69) is 38.7 Å². The van der Waals surface area contributed by atoms with Crippen LogP contribution in [-0.2, 0) is 24.4 Å². The van der Waals surface area contributed by atoms with Gasteiger partial charge in [0, 0.05) is 26.2 Å². The summed E-state index contributed by atoms with van der Waals surface area (Å²) < 4.78 is 18.5. The van der Waals surface area contributed by atoms with Crippen molar-refractivity contribution in [2.45, 2.75) is 39.6 Å². The molecule has 4 rings (SSSR count). The van der Waals surface area contributed by atoms with Crippen molar-refractivity contribution >= 4 is 0 Å². The first-order valence-electron chi connectivity index (χ1n) is 8.38. The topological polar surface area (TPSA) is 61.6 Å². The second-order valence-corrected chi connectivity index (χ2v) is 6.10. The van der Waals surface area contributed by atoms with Crippen LogP contribution in [0.25, 0.3) is 0 Å². The van der Waals surface area contributed by atoms with Crippen molar-refractivity contribution in [1.82, 2.24) is 19.7 Å². The average molecular weight is 330 g/mol. The van der Waals surface area contributed by atoms with Crippen LogP contribution in [-0.4, -0.2) is 39.6 Å². The molecule has 0 bridgehead atoms. The Labute approximate surface area is 141 Å². The van der Waals surface area contributed by atoms with Crippen molar-refractivity contribution in [3.05, 3.63) is 35.4 Å². The Morgan fingerprint density at radius 1 is 1.21 bits per heavy atom. The fourth-order valence-electron chi connectivity index (χ4n) is 3.28. The third kappa shape index (κ3) is 2.74. The summed E-state index contributed by atoms with van der Waals surface area (Å²) in [5.41, 5.74) is 1.22. The molecule has 1 unspecified atom stereocenters. The van der Waals surface area contributed by atoms with Gasteiger partial charge in [0.15, 0.2) is 17.3 Å². The Kier molecular flexibility index (Phi) is 4.12. The molecule has 24 heavy (non-hydrogen) atoms. The summed E-state index contributed by atoms with van der Waals surface area (Å²) in [5, 5.41) is 8.69. The zero-order chi connectivity index (χ0) is 16.5. The molecule has 1 atom stereocenters. The molecular weight excluding hydrogens is 308 g/mol. The third-order valence-electron chi connectivity index (χ3n) is 4.65. The van der Waals surface area contributed by atoms with Gasteiger partial charge in [0.25, 0.3) is 0 Å². The Bertz CT molecular complexity index is 731. The zero-order valence-electron chi connectivity index (χ0n) is 14.1. The second kappa shape index (κ2) is 6.41. The van der Waals surface area contributed by atoms with Crippen LogP contribution < -0.4 is 9.47 Å². The van der Waals surface area contributed by atoms with E-state index in [-0.39, 0.29) is 6.04 Å². The van der Waals surface area contributed by atoms with Gasteiger partial charge in [-0.3, -0.25) is 4.90 Å². The normalized spacial score (nSPS) is 19.5. The van der Waals surface area contributed by atoms with Crippen LogP contribution in [0.3, 0.4) is 0 Å². The standard InChI is InChI=1S/C17H22N4O3/c1-3-22-10-16-18-19-17-12(2)20(6-7-21(16)17)9-13-4-5-14-15(8-13)24-11-23-14/h4-5,8,12H,3,6-7,9-11H2,1-2H3. The maximum atomic E-state index is 5.48. The van der Waals surface area contributed by atoms with Crippen molar-refractivity contribution in [1.29, 1.82) is 0 Å². The number of nitrogens with zero attached hydrogens (tertiary/aromatic N) is 4. The smallest absolute Gasteiger partial charge is 0.231 e. The monoisotopic (exact) mass is 330 g/mol. The fraction of sp³-hybridized carbons (Fsp3) is 0.529. The van der Waals surface area contributed by atoms with E-state index in [1.54, 1.807) is 0 Å². The number of fused-ring (bicyclic) bond motifs is 2. The minimum Gasteiger partial charge on any atom is -0.454 e. The van der Waals surface area contributed by atoms with Gasteiger partial charge in [0.1, 0.15) is 12.4 Å². The van der Waals surface area contributed by atoms with E-state index in [1.807, 2.05) is 13.0 Å². The van der Waals surface area contributed by atoms with E-state index in [0.29, 0.717) is 20.0 Å². The minimum atomic E-state index is 0.215. The molecule has 128 valence electrons. The molecule has 0 spiro atoms. The summed E-state index contributed by atoms with van der Waals surface area (Å²) >= 11 is 0. The number of hydrogen-bond donors (Lipinski definition) is 0. The number of benzene rings is 1. The van der Waals surface area contributed by atoms with Crippen LogP contribution in [0.15, 0.2) is 18.2 Å². The predicted molar refractivity (Wildman–Crippen MR) is 86.7 cm³/mol. The summed E-state index contributed by atoms with van der Waals surface area (Å²) in [4.78, 5) is 2.41. The average Bonchev–Trinajstić information content (AvgIpc) is 3.22. The van der Waals surface area contributed by atoms with Crippen LogP contribution in [0.1, 0.15) is 37.1 Å². The predicted octanol–water partition coefficient (Wildman–Crippen LogP) is 2.12. The molecule has 0 N–H and O–H groups in total. The first-order chi connectivity index (χ1) is 11.8. The molecule has 0 aliphatic carbocycles. The molecule has 0 amide bonds. The number of hydrogen-bond acceptors (Lipinski definition) is 6. The van der Waals surface area contributed by atoms with Crippen LogP contribution in [0, 0.1) is 0 Å². The first-order valence-corrected chi connectivity index (χ1v) is 8.38.